The van der Waals surface area contributed by atoms with Crippen molar-refractivity contribution in [2.24, 2.45) is 0 Å². The number of hydrogen-bond acceptors (Lipinski definition) is 6. The smallest absolute Gasteiger partial charge is 0.269 e. The van der Waals surface area contributed by atoms with Crippen molar-refractivity contribution in [3.8, 4) is 5.75 Å². The number of nitro groups is 1. The second-order valence-electron chi connectivity index (χ2n) is 6.21. The van der Waals surface area contributed by atoms with Crippen LogP contribution in [0.1, 0.15) is 17.9 Å². The van der Waals surface area contributed by atoms with Gasteiger partial charge in [-0.25, -0.2) is 8.42 Å². The average molecular weight is 360 g/mol. The quantitative estimate of drug-likeness (QED) is 0.666. The van der Waals surface area contributed by atoms with Gasteiger partial charge in [0, 0.05) is 30.2 Å². The van der Waals surface area contributed by atoms with Gasteiger partial charge in [0.1, 0.15) is 11.9 Å². The van der Waals surface area contributed by atoms with Gasteiger partial charge in [0.2, 0.25) is 9.84 Å². The van der Waals surface area contributed by atoms with Crippen molar-refractivity contribution in [1.82, 2.24) is 5.32 Å². The van der Waals surface area contributed by atoms with Gasteiger partial charge in [-0.1, -0.05) is 6.07 Å². The topological polar surface area (TPSA) is 98.5 Å². The molecule has 0 bridgehead atoms. The molecule has 4 rings (SSSR count). The summed E-state index contributed by atoms with van der Waals surface area (Å²) in [5.74, 6) is 0.911. The van der Waals surface area contributed by atoms with Crippen LogP contribution in [0.15, 0.2) is 52.3 Å². The molecular weight excluding hydrogens is 344 g/mol. The normalized spacial score (nSPS) is 21.9. The molecule has 2 aromatic rings. The Bertz CT molecular complexity index is 940. The molecule has 0 amide bonds. The van der Waals surface area contributed by atoms with Gasteiger partial charge in [-0.2, -0.15) is 0 Å². The number of nitro benzene ring substituents is 1. The second-order valence-corrected chi connectivity index (χ2v) is 8.16. The fraction of sp³-hybridized carbons (Fsp3) is 0.294. The molecule has 0 saturated carbocycles. The zero-order valence-corrected chi connectivity index (χ0v) is 14.0. The summed E-state index contributed by atoms with van der Waals surface area (Å²) in [4.78, 5) is 10.3. The Morgan fingerprint density at radius 3 is 2.56 bits per heavy atom. The Morgan fingerprint density at radius 1 is 1.12 bits per heavy atom. The molecule has 2 aliphatic heterocycles. The van der Waals surface area contributed by atoms with Gasteiger partial charge >= 0.3 is 0 Å². The lowest BCUT2D eigenvalue weighted by Gasteiger charge is -2.24. The van der Waals surface area contributed by atoms with Crippen LogP contribution in [0.2, 0.25) is 0 Å². The summed E-state index contributed by atoms with van der Waals surface area (Å²) in [6.45, 7) is 1.68. The second kappa shape index (κ2) is 5.82. The van der Waals surface area contributed by atoms with Gasteiger partial charge in [-0.15, -0.1) is 0 Å². The van der Waals surface area contributed by atoms with Gasteiger partial charge < -0.3 is 10.1 Å². The third kappa shape index (κ3) is 2.67. The first-order chi connectivity index (χ1) is 12.0. The third-order valence-corrected chi connectivity index (χ3v) is 6.52. The Balaban J connectivity index is 1.69. The summed E-state index contributed by atoms with van der Waals surface area (Å²) in [5.41, 5.74) is 0.905. The largest absolute Gasteiger partial charge is 0.488 e. The molecule has 8 heteroatoms. The van der Waals surface area contributed by atoms with E-state index in [9.17, 15) is 18.5 Å². The van der Waals surface area contributed by atoms with E-state index in [1.165, 1.54) is 24.3 Å². The van der Waals surface area contributed by atoms with Gasteiger partial charge in [0.25, 0.3) is 5.69 Å². The van der Waals surface area contributed by atoms with E-state index in [4.69, 9.17) is 4.74 Å². The first-order valence-corrected chi connectivity index (χ1v) is 9.46. The van der Waals surface area contributed by atoms with Crippen molar-refractivity contribution in [2.75, 3.05) is 13.1 Å². The number of fused-ring (bicyclic) bond motifs is 3. The van der Waals surface area contributed by atoms with Crippen LogP contribution < -0.4 is 10.1 Å². The first kappa shape index (κ1) is 16.0. The molecule has 2 atom stereocenters. The van der Waals surface area contributed by atoms with Crippen LogP contribution >= 0.6 is 0 Å². The zero-order valence-electron chi connectivity index (χ0n) is 13.2. The third-order valence-electron chi connectivity index (χ3n) is 4.76. The van der Waals surface area contributed by atoms with Gasteiger partial charge in [0.15, 0.2) is 0 Å². The van der Waals surface area contributed by atoms with Crippen LogP contribution in [-0.4, -0.2) is 32.5 Å². The number of hydrogen-bond donors (Lipinski definition) is 1. The highest BCUT2D eigenvalue weighted by atomic mass is 32.2. The van der Waals surface area contributed by atoms with Gasteiger partial charge in [-0.05, 0) is 37.2 Å². The lowest BCUT2D eigenvalue weighted by Crippen LogP contribution is -2.39. The molecule has 1 N–H and O–H groups in total. The highest BCUT2D eigenvalue weighted by molar-refractivity contribution is 7.91. The first-order valence-electron chi connectivity index (χ1n) is 7.98. The summed E-state index contributed by atoms with van der Waals surface area (Å²) in [5, 5.41) is 14.0. The number of nitrogens with one attached hydrogen (secondary N) is 1. The molecule has 1 fully saturated rings. The van der Waals surface area contributed by atoms with E-state index in [0.29, 0.717) is 11.7 Å². The standard InChI is InChI=1S/C17H16N2O5S/c20-19(21)11-1-3-12(4-2-11)25(22,23)13-5-6-14-15-7-8-18-10-17(15)24-16(14)9-13/h1-6,9,15,17-18H,7-8,10H2. The lowest BCUT2D eigenvalue weighted by molar-refractivity contribution is -0.384. The Labute approximate surface area is 144 Å². The monoisotopic (exact) mass is 360 g/mol. The van der Waals surface area contributed by atoms with Crippen LogP contribution in [0.5, 0.6) is 5.75 Å². The maximum Gasteiger partial charge on any atom is 0.269 e. The molecule has 130 valence electrons. The van der Waals surface area contributed by atoms with E-state index in [0.717, 1.165) is 25.1 Å². The van der Waals surface area contributed by atoms with Crippen LogP contribution in [0, 0.1) is 10.1 Å². The van der Waals surface area contributed by atoms with E-state index < -0.39 is 14.8 Å². The molecule has 1 saturated heterocycles. The molecular formula is C17H16N2O5S. The van der Waals surface area contributed by atoms with Crippen molar-refractivity contribution in [2.45, 2.75) is 28.2 Å². The molecule has 2 unspecified atom stereocenters. The molecule has 7 nitrogen and oxygen atoms in total. The van der Waals surface area contributed by atoms with Gasteiger partial charge in [-0.3, -0.25) is 10.1 Å². The summed E-state index contributed by atoms with van der Waals surface area (Å²) in [7, 11) is -3.75. The predicted octanol–water partition coefficient (Wildman–Crippen LogP) is 2.27. The molecule has 2 aliphatic rings. The maximum absolute atomic E-state index is 12.8. The van der Waals surface area contributed by atoms with Crippen molar-refractivity contribution in [1.29, 1.82) is 0 Å². The number of piperidine rings is 1. The average Bonchev–Trinajstić information content (AvgIpc) is 2.99. The molecule has 2 aromatic carbocycles. The molecule has 0 radical (unpaired) electrons. The predicted molar refractivity (Wildman–Crippen MR) is 89.6 cm³/mol. The highest BCUT2D eigenvalue weighted by Crippen LogP contribution is 2.42. The van der Waals surface area contributed by atoms with Gasteiger partial charge in [0.05, 0.1) is 14.7 Å². The number of nitrogens with zero attached hydrogens (tertiary/aromatic N) is 1. The summed E-state index contributed by atoms with van der Waals surface area (Å²) in [6.07, 6.45) is 1.01. The number of benzene rings is 2. The zero-order chi connectivity index (χ0) is 17.6. The minimum atomic E-state index is -3.75. The number of rotatable bonds is 3. The number of sulfone groups is 1. The van der Waals surface area contributed by atoms with Crippen LogP contribution in [0.25, 0.3) is 0 Å². The van der Waals surface area contributed by atoms with Crippen molar-refractivity contribution >= 4 is 15.5 Å². The molecule has 2 heterocycles. The summed E-state index contributed by atoms with van der Waals surface area (Å²) < 4.78 is 31.5. The van der Waals surface area contributed by atoms with Crippen LogP contribution in [0.3, 0.4) is 0 Å². The fourth-order valence-corrected chi connectivity index (χ4v) is 4.72. The molecule has 0 aliphatic carbocycles. The molecule has 0 spiro atoms. The minimum Gasteiger partial charge on any atom is -0.488 e. The molecule has 0 aromatic heterocycles. The Hall–Kier alpha value is -2.45. The summed E-state index contributed by atoms with van der Waals surface area (Å²) >= 11 is 0. The van der Waals surface area contributed by atoms with Crippen LogP contribution in [0.4, 0.5) is 5.69 Å². The van der Waals surface area contributed by atoms with Crippen molar-refractivity contribution in [3.63, 3.8) is 0 Å². The fourth-order valence-electron chi connectivity index (χ4n) is 3.45. The van der Waals surface area contributed by atoms with E-state index in [-0.39, 0.29) is 21.6 Å². The SMILES string of the molecule is O=[N+]([O-])c1ccc(S(=O)(=O)c2ccc3c(c2)OC2CNCCC32)cc1. The van der Waals surface area contributed by atoms with E-state index in [2.05, 4.69) is 5.32 Å². The van der Waals surface area contributed by atoms with Crippen LogP contribution in [-0.2, 0) is 9.84 Å². The van der Waals surface area contributed by atoms with E-state index in [1.54, 1.807) is 12.1 Å². The van der Waals surface area contributed by atoms with Crippen molar-refractivity contribution in [3.05, 3.63) is 58.1 Å². The number of non-ortho nitro benzene ring substituents is 1. The van der Waals surface area contributed by atoms with E-state index in [1.807, 2.05) is 6.07 Å². The Morgan fingerprint density at radius 2 is 1.84 bits per heavy atom. The summed E-state index contributed by atoms with van der Waals surface area (Å²) in [6, 6.07) is 9.86. The Kier molecular flexibility index (Phi) is 3.73. The van der Waals surface area contributed by atoms with Crippen molar-refractivity contribution < 1.29 is 18.1 Å². The number of ether oxygens (including phenoxy) is 1. The lowest BCUT2D eigenvalue weighted by atomic mass is 9.90. The maximum atomic E-state index is 12.8. The van der Waals surface area contributed by atoms with E-state index >= 15 is 0 Å². The highest BCUT2D eigenvalue weighted by Gasteiger charge is 2.36. The molecule has 25 heavy (non-hydrogen) atoms. The minimum absolute atomic E-state index is 0.0233.